The first-order valence-corrected chi connectivity index (χ1v) is 9.81. The van der Waals surface area contributed by atoms with E-state index in [4.69, 9.17) is 9.47 Å². The van der Waals surface area contributed by atoms with Crippen LogP contribution >= 0.6 is 24.0 Å². The topological polar surface area (TPSA) is 46.1 Å². The van der Waals surface area contributed by atoms with Gasteiger partial charge >= 0.3 is 0 Å². The molecule has 30 heavy (non-hydrogen) atoms. The highest BCUT2D eigenvalue weighted by Crippen LogP contribution is 2.18. The molecule has 1 heterocycles. The molecule has 0 saturated carbocycles. The molecule has 1 saturated heterocycles. The minimum absolute atomic E-state index is 0. The fourth-order valence-electron chi connectivity index (χ4n) is 3.31. The minimum atomic E-state index is -0.913. The zero-order valence-corrected chi connectivity index (χ0v) is 19.4. The van der Waals surface area contributed by atoms with Gasteiger partial charge in [-0.25, -0.2) is 8.78 Å². The maximum atomic E-state index is 13.2. The molecule has 0 amide bonds. The highest BCUT2D eigenvalue weighted by Gasteiger charge is 2.24. The number of rotatable bonds is 8. The summed E-state index contributed by atoms with van der Waals surface area (Å²) in [6.45, 7) is 3.99. The van der Waals surface area contributed by atoms with Crippen molar-refractivity contribution in [3.63, 3.8) is 0 Å². The molecule has 0 radical (unpaired) electrons. The maximum Gasteiger partial charge on any atom is 0.193 e. The van der Waals surface area contributed by atoms with E-state index in [9.17, 15) is 8.78 Å². The summed E-state index contributed by atoms with van der Waals surface area (Å²) < 4.78 is 37.4. The van der Waals surface area contributed by atoms with E-state index < -0.39 is 11.6 Å². The van der Waals surface area contributed by atoms with Gasteiger partial charge in [-0.2, -0.15) is 0 Å². The van der Waals surface area contributed by atoms with Crippen LogP contribution in [0.25, 0.3) is 0 Å². The summed E-state index contributed by atoms with van der Waals surface area (Å²) in [5, 5.41) is 3.25. The Morgan fingerprint density at radius 1 is 1.17 bits per heavy atom. The molecular weight excluding hydrogens is 503 g/mol. The standard InChI is InChI=1S/C22H27F2N3O2.HI/c1-25-22(26-10-12-29-19-7-8-20(23)21(24)13-19)27-11-9-18(14-27)16-28-15-17-5-3-2-4-6-17;/h2-8,13,18H,9-12,14-16H2,1H3,(H,25,26);1H. The van der Waals surface area contributed by atoms with Crippen LogP contribution in [-0.2, 0) is 11.3 Å². The lowest BCUT2D eigenvalue weighted by molar-refractivity contribution is 0.0906. The van der Waals surface area contributed by atoms with E-state index in [1.54, 1.807) is 7.05 Å². The third-order valence-electron chi connectivity index (χ3n) is 4.81. The summed E-state index contributed by atoms with van der Waals surface area (Å²) in [7, 11) is 1.75. The molecule has 2 aromatic rings. The lowest BCUT2D eigenvalue weighted by Crippen LogP contribution is -2.41. The van der Waals surface area contributed by atoms with Crippen molar-refractivity contribution in [3.8, 4) is 5.75 Å². The molecule has 164 valence electrons. The van der Waals surface area contributed by atoms with Gasteiger partial charge in [0.05, 0.1) is 19.8 Å². The quantitative estimate of drug-likeness (QED) is 0.242. The molecule has 1 N–H and O–H groups in total. The van der Waals surface area contributed by atoms with Crippen molar-refractivity contribution in [2.45, 2.75) is 13.0 Å². The van der Waals surface area contributed by atoms with Crippen LogP contribution in [0.5, 0.6) is 5.75 Å². The minimum Gasteiger partial charge on any atom is -0.492 e. The average Bonchev–Trinajstić information content (AvgIpc) is 3.20. The molecule has 0 aliphatic carbocycles. The highest BCUT2D eigenvalue weighted by atomic mass is 127. The lowest BCUT2D eigenvalue weighted by Gasteiger charge is -2.21. The number of hydrogen-bond donors (Lipinski definition) is 1. The number of halogens is 3. The summed E-state index contributed by atoms with van der Waals surface area (Å²) in [4.78, 5) is 6.53. The van der Waals surface area contributed by atoms with Crippen LogP contribution in [0.3, 0.4) is 0 Å². The molecule has 1 aliphatic rings. The second-order valence-corrected chi connectivity index (χ2v) is 7.00. The normalized spacial score (nSPS) is 16.3. The molecule has 0 spiro atoms. The van der Waals surface area contributed by atoms with Crippen LogP contribution in [-0.4, -0.2) is 50.8 Å². The Morgan fingerprint density at radius 2 is 1.97 bits per heavy atom. The summed E-state index contributed by atoms with van der Waals surface area (Å²) in [6, 6.07) is 13.7. The molecule has 0 aromatic heterocycles. The summed E-state index contributed by atoms with van der Waals surface area (Å²) in [5.74, 6) is -0.214. The van der Waals surface area contributed by atoms with Gasteiger partial charge in [-0.05, 0) is 24.1 Å². The molecule has 8 heteroatoms. The smallest absolute Gasteiger partial charge is 0.193 e. The first kappa shape index (κ1) is 24.3. The summed E-state index contributed by atoms with van der Waals surface area (Å²) >= 11 is 0. The Hall–Kier alpha value is -1.94. The lowest BCUT2D eigenvalue weighted by atomic mass is 10.1. The van der Waals surface area contributed by atoms with Crippen molar-refractivity contribution in [2.24, 2.45) is 10.9 Å². The fourth-order valence-corrected chi connectivity index (χ4v) is 3.31. The number of hydrogen-bond acceptors (Lipinski definition) is 3. The SMILES string of the molecule is CN=C(NCCOc1ccc(F)c(F)c1)N1CCC(COCc2ccccc2)C1.I. The number of nitrogens with zero attached hydrogens (tertiary/aromatic N) is 2. The van der Waals surface area contributed by atoms with E-state index in [1.807, 2.05) is 18.2 Å². The van der Waals surface area contributed by atoms with Gasteiger partial charge < -0.3 is 19.7 Å². The van der Waals surface area contributed by atoms with E-state index in [2.05, 4.69) is 27.3 Å². The van der Waals surface area contributed by atoms with Gasteiger partial charge in [0, 0.05) is 32.1 Å². The monoisotopic (exact) mass is 531 g/mol. The highest BCUT2D eigenvalue weighted by molar-refractivity contribution is 14.0. The van der Waals surface area contributed by atoms with E-state index in [0.717, 1.165) is 44.2 Å². The van der Waals surface area contributed by atoms with Gasteiger partial charge in [0.15, 0.2) is 17.6 Å². The number of nitrogens with one attached hydrogen (secondary N) is 1. The Balaban J connectivity index is 0.00000320. The second kappa shape index (κ2) is 12.7. The van der Waals surface area contributed by atoms with Crippen LogP contribution in [0.4, 0.5) is 8.78 Å². The van der Waals surface area contributed by atoms with Gasteiger partial charge in [0.1, 0.15) is 12.4 Å². The van der Waals surface area contributed by atoms with Crippen LogP contribution in [0.2, 0.25) is 0 Å². The van der Waals surface area contributed by atoms with Gasteiger partial charge in [0.2, 0.25) is 0 Å². The predicted molar refractivity (Wildman–Crippen MR) is 124 cm³/mol. The van der Waals surface area contributed by atoms with Gasteiger partial charge in [-0.1, -0.05) is 30.3 Å². The number of aliphatic imine (C=N–C) groups is 1. The van der Waals surface area contributed by atoms with Gasteiger partial charge in [-0.3, -0.25) is 4.99 Å². The average molecular weight is 531 g/mol. The van der Waals surface area contributed by atoms with Crippen LogP contribution < -0.4 is 10.1 Å². The van der Waals surface area contributed by atoms with Crippen LogP contribution in [0, 0.1) is 17.6 Å². The Morgan fingerprint density at radius 3 is 2.70 bits per heavy atom. The molecule has 1 fully saturated rings. The van der Waals surface area contributed by atoms with E-state index in [0.29, 0.717) is 31.4 Å². The first-order chi connectivity index (χ1) is 14.2. The van der Waals surface area contributed by atoms with Crippen molar-refractivity contribution in [1.82, 2.24) is 10.2 Å². The molecule has 1 atom stereocenters. The van der Waals surface area contributed by atoms with Crippen molar-refractivity contribution >= 4 is 29.9 Å². The molecule has 2 aromatic carbocycles. The largest absolute Gasteiger partial charge is 0.492 e. The van der Waals surface area contributed by atoms with E-state index in [-0.39, 0.29) is 24.0 Å². The fraction of sp³-hybridized carbons (Fsp3) is 0.409. The van der Waals surface area contributed by atoms with E-state index in [1.165, 1.54) is 11.6 Å². The Labute approximate surface area is 193 Å². The number of benzene rings is 2. The third-order valence-corrected chi connectivity index (χ3v) is 4.81. The second-order valence-electron chi connectivity index (χ2n) is 7.00. The third kappa shape index (κ3) is 7.39. The Kier molecular flexibility index (Phi) is 10.3. The molecule has 5 nitrogen and oxygen atoms in total. The molecule has 3 rings (SSSR count). The van der Waals surface area contributed by atoms with Crippen LogP contribution in [0.15, 0.2) is 53.5 Å². The van der Waals surface area contributed by atoms with Gasteiger partial charge in [-0.15, -0.1) is 24.0 Å². The van der Waals surface area contributed by atoms with E-state index >= 15 is 0 Å². The number of ether oxygens (including phenoxy) is 2. The number of likely N-dealkylation sites (tertiary alicyclic amines) is 1. The number of guanidine groups is 1. The maximum absolute atomic E-state index is 13.2. The zero-order chi connectivity index (χ0) is 20.5. The van der Waals surface area contributed by atoms with Crippen molar-refractivity contribution < 1.29 is 18.3 Å². The first-order valence-electron chi connectivity index (χ1n) is 9.81. The molecule has 1 aliphatic heterocycles. The Bertz CT molecular complexity index is 808. The summed E-state index contributed by atoms with van der Waals surface area (Å²) in [6.07, 6.45) is 1.06. The van der Waals surface area contributed by atoms with Gasteiger partial charge in [0.25, 0.3) is 0 Å². The molecular formula is C22H28F2IN3O2. The van der Waals surface area contributed by atoms with Crippen molar-refractivity contribution in [3.05, 3.63) is 65.7 Å². The predicted octanol–water partition coefficient (Wildman–Crippen LogP) is 4.08. The molecule has 1 unspecified atom stereocenters. The van der Waals surface area contributed by atoms with Crippen molar-refractivity contribution in [2.75, 3.05) is 39.9 Å². The van der Waals surface area contributed by atoms with Crippen LogP contribution in [0.1, 0.15) is 12.0 Å². The summed E-state index contributed by atoms with van der Waals surface area (Å²) in [5.41, 5.74) is 1.18. The van der Waals surface area contributed by atoms with Crippen molar-refractivity contribution in [1.29, 1.82) is 0 Å². The zero-order valence-electron chi connectivity index (χ0n) is 17.0. The molecule has 0 bridgehead atoms.